The van der Waals surface area contributed by atoms with E-state index in [0.717, 1.165) is 11.1 Å². The average Bonchev–Trinajstić information content (AvgIpc) is 3.01. The Kier molecular flexibility index (Phi) is 6.36. The van der Waals surface area contributed by atoms with Crippen molar-refractivity contribution >= 4 is 40.7 Å². The molecule has 0 bridgehead atoms. The van der Waals surface area contributed by atoms with Crippen LogP contribution in [-0.2, 0) is 11.2 Å². The fourth-order valence-electron chi connectivity index (χ4n) is 2.55. The van der Waals surface area contributed by atoms with Crippen molar-refractivity contribution in [3.63, 3.8) is 0 Å². The van der Waals surface area contributed by atoms with Crippen LogP contribution in [0.5, 0.6) is 11.5 Å². The molecule has 1 unspecified atom stereocenters. The van der Waals surface area contributed by atoms with E-state index in [2.05, 4.69) is 15.5 Å². The molecule has 1 atom stereocenters. The summed E-state index contributed by atoms with van der Waals surface area (Å²) in [5.41, 5.74) is 1.81. The minimum absolute atomic E-state index is 0.0833. The Labute approximate surface area is 166 Å². The quantitative estimate of drug-likeness (QED) is 0.591. The molecular formula is C19H18ClN3O3S. The molecule has 2 aromatic carbocycles. The lowest BCUT2D eigenvalue weighted by Gasteiger charge is -2.07. The van der Waals surface area contributed by atoms with E-state index in [1.807, 2.05) is 30.3 Å². The van der Waals surface area contributed by atoms with E-state index in [9.17, 15) is 4.79 Å². The number of amidine groups is 1. The summed E-state index contributed by atoms with van der Waals surface area (Å²) in [5.74, 6) is 1.17. The molecule has 1 aliphatic rings. The summed E-state index contributed by atoms with van der Waals surface area (Å²) in [6, 6.07) is 12.9. The Balaban J connectivity index is 1.64. The Morgan fingerprint density at radius 2 is 2.00 bits per heavy atom. The van der Waals surface area contributed by atoms with Gasteiger partial charge >= 0.3 is 0 Å². The topological polar surface area (TPSA) is 72.3 Å². The molecule has 0 spiro atoms. The summed E-state index contributed by atoms with van der Waals surface area (Å²) in [6.45, 7) is 0. The maximum Gasteiger partial charge on any atom is 0.239 e. The molecule has 8 heteroatoms. The lowest BCUT2D eigenvalue weighted by molar-refractivity contribution is -0.118. The van der Waals surface area contributed by atoms with E-state index in [1.54, 1.807) is 32.6 Å². The summed E-state index contributed by atoms with van der Waals surface area (Å²) in [6.07, 6.45) is 2.17. The van der Waals surface area contributed by atoms with Gasteiger partial charge in [-0.1, -0.05) is 35.5 Å². The van der Waals surface area contributed by atoms with Gasteiger partial charge in [0.15, 0.2) is 16.7 Å². The van der Waals surface area contributed by atoms with E-state index in [4.69, 9.17) is 21.1 Å². The second-order valence-corrected chi connectivity index (χ2v) is 7.32. The molecule has 6 nitrogen and oxygen atoms in total. The molecule has 3 rings (SSSR count). The molecule has 1 amide bonds. The molecule has 0 radical (unpaired) electrons. The van der Waals surface area contributed by atoms with Crippen molar-refractivity contribution in [2.24, 2.45) is 10.2 Å². The summed E-state index contributed by atoms with van der Waals surface area (Å²) in [4.78, 5) is 12.1. The maximum absolute atomic E-state index is 12.1. The fourth-order valence-corrected chi connectivity index (χ4v) is 3.72. The lowest BCUT2D eigenvalue weighted by Crippen LogP contribution is -2.25. The Morgan fingerprint density at radius 3 is 2.74 bits per heavy atom. The molecule has 0 aromatic heterocycles. The van der Waals surface area contributed by atoms with Gasteiger partial charge in [0.05, 0.1) is 25.7 Å². The van der Waals surface area contributed by atoms with E-state index in [-0.39, 0.29) is 11.2 Å². The number of carbonyl (C=O) groups is 1. The second-order valence-electron chi connectivity index (χ2n) is 5.69. The SMILES string of the molecule is COc1ccc(/C=N/N=C2NC(=O)C(Cc3cccc(Cl)c3)S2)cc1OC. The van der Waals surface area contributed by atoms with Crippen LogP contribution in [0.15, 0.2) is 52.7 Å². The molecule has 2 aromatic rings. The summed E-state index contributed by atoms with van der Waals surface area (Å²) in [7, 11) is 3.15. The Hall–Kier alpha value is -2.51. The normalized spacial score (nSPS) is 18.1. The first-order valence-corrected chi connectivity index (χ1v) is 9.40. The summed E-state index contributed by atoms with van der Waals surface area (Å²) < 4.78 is 10.5. The number of amides is 1. The number of carbonyl (C=O) groups excluding carboxylic acids is 1. The van der Waals surface area contributed by atoms with Crippen molar-refractivity contribution in [2.75, 3.05) is 14.2 Å². The third kappa shape index (κ3) is 5.02. The summed E-state index contributed by atoms with van der Waals surface area (Å²) >= 11 is 7.35. The van der Waals surface area contributed by atoms with Gasteiger partial charge in [-0.25, -0.2) is 0 Å². The van der Waals surface area contributed by atoms with Gasteiger partial charge in [-0.15, -0.1) is 5.10 Å². The smallest absolute Gasteiger partial charge is 0.239 e. The van der Waals surface area contributed by atoms with Crippen LogP contribution in [0.25, 0.3) is 0 Å². The zero-order valence-electron chi connectivity index (χ0n) is 14.8. The zero-order valence-corrected chi connectivity index (χ0v) is 16.4. The van der Waals surface area contributed by atoms with Gasteiger partial charge in [0, 0.05) is 5.02 Å². The molecule has 27 heavy (non-hydrogen) atoms. The van der Waals surface area contributed by atoms with Crippen LogP contribution in [0.2, 0.25) is 5.02 Å². The number of ether oxygens (including phenoxy) is 2. The van der Waals surface area contributed by atoms with Crippen molar-refractivity contribution in [1.29, 1.82) is 0 Å². The van der Waals surface area contributed by atoms with Crippen LogP contribution in [0.4, 0.5) is 0 Å². The van der Waals surface area contributed by atoms with Gasteiger partial charge in [-0.2, -0.15) is 5.10 Å². The van der Waals surface area contributed by atoms with Crippen LogP contribution in [0.3, 0.4) is 0 Å². The van der Waals surface area contributed by atoms with E-state index >= 15 is 0 Å². The van der Waals surface area contributed by atoms with Crippen molar-refractivity contribution in [3.8, 4) is 11.5 Å². The first-order chi connectivity index (χ1) is 13.1. The highest BCUT2D eigenvalue weighted by Crippen LogP contribution is 2.27. The standard InChI is InChI=1S/C19H18ClN3O3S/c1-25-15-7-6-13(9-16(15)26-2)11-21-23-19-22-18(24)17(27-19)10-12-4-3-5-14(20)8-12/h3-9,11,17H,10H2,1-2H3,(H,22,23,24)/b21-11+. The third-order valence-electron chi connectivity index (χ3n) is 3.85. The van der Waals surface area contributed by atoms with Crippen molar-refractivity contribution in [1.82, 2.24) is 5.32 Å². The first kappa shape index (κ1) is 19.3. The molecule has 0 saturated carbocycles. The molecule has 0 aliphatic carbocycles. The van der Waals surface area contributed by atoms with Gasteiger partial charge in [0.1, 0.15) is 0 Å². The summed E-state index contributed by atoms with van der Waals surface area (Å²) in [5, 5.41) is 11.8. The van der Waals surface area contributed by atoms with Gasteiger partial charge in [0.25, 0.3) is 0 Å². The third-order valence-corrected chi connectivity index (χ3v) is 5.16. The molecule has 1 saturated heterocycles. The van der Waals surface area contributed by atoms with Crippen LogP contribution >= 0.6 is 23.4 Å². The highest BCUT2D eigenvalue weighted by atomic mass is 35.5. The van der Waals surface area contributed by atoms with E-state index in [0.29, 0.717) is 28.1 Å². The number of nitrogens with zero attached hydrogens (tertiary/aromatic N) is 2. The van der Waals surface area contributed by atoms with Crippen molar-refractivity contribution < 1.29 is 14.3 Å². The number of rotatable bonds is 6. The predicted octanol–water partition coefficient (Wildman–Crippen LogP) is 3.52. The van der Waals surface area contributed by atoms with Crippen molar-refractivity contribution in [3.05, 3.63) is 58.6 Å². The molecule has 1 N–H and O–H groups in total. The van der Waals surface area contributed by atoms with Gasteiger partial charge in [-0.3, -0.25) is 4.79 Å². The van der Waals surface area contributed by atoms with Gasteiger partial charge in [0.2, 0.25) is 5.91 Å². The Bertz CT molecular complexity index is 902. The molecule has 140 valence electrons. The Morgan fingerprint density at radius 1 is 1.19 bits per heavy atom. The molecular weight excluding hydrogens is 386 g/mol. The van der Waals surface area contributed by atoms with Crippen molar-refractivity contribution in [2.45, 2.75) is 11.7 Å². The first-order valence-electron chi connectivity index (χ1n) is 8.14. The number of benzene rings is 2. The number of thioether (sulfide) groups is 1. The number of halogens is 1. The molecule has 1 heterocycles. The van der Waals surface area contributed by atoms with Gasteiger partial charge in [-0.05, 0) is 47.9 Å². The highest BCUT2D eigenvalue weighted by molar-refractivity contribution is 8.15. The fraction of sp³-hybridized carbons (Fsp3) is 0.211. The number of nitrogens with one attached hydrogen (secondary N) is 1. The number of hydrogen-bond donors (Lipinski definition) is 1. The molecule has 1 aliphatic heterocycles. The largest absolute Gasteiger partial charge is 0.493 e. The average molecular weight is 404 g/mol. The van der Waals surface area contributed by atoms with E-state index < -0.39 is 0 Å². The predicted molar refractivity (Wildman–Crippen MR) is 109 cm³/mol. The molecule has 1 fully saturated rings. The van der Waals surface area contributed by atoms with E-state index in [1.165, 1.54) is 11.8 Å². The number of hydrogen-bond acceptors (Lipinski definition) is 6. The monoisotopic (exact) mass is 403 g/mol. The van der Waals surface area contributed by atoms with Gasteiger partial charge < -0.3 is 14.8 Å². The number of methoxy groups -OCH3 is 2. The van der Waals surface area contributed by atoms with Crippen LogP contribution < -0.4 is 14.8 Å². The lowest BCUT2D eigenvalue weighted by atomic mass is 10.1. The minimum Gasteiger partial charge on any atom is -0.493 e. The second kappa shape index (κ2) is 8.92. The highest BCUT2D eigenvalue weighted by Gasteiger charge is 2.30. The van der Waals surface area contributed by atoms with Crippen LogP contribution in [0, 0.1) is 0 Å². The zero-order chi connectivity index (χ0) is 19.2. The van der Waals surface area contributed by atoms with Crippen LogP contribution in [0.1, 0.15) is 11.1 Å². The minimum atomic E-state index is -0.251. The van der Waals surface area contributed by atoms with Crippen LogP contribution in [-0.4, -0.2) is 36.8 Å². The maximum atomic E-state index is 12.1.